The SMILES string of the molecule is CC.CC.CC.CC.CC.CC.Cn1c2ccccc2c2ccccc21.Cn1c2ccccc2c2ccccc21.c1ccc(Cn2c3ccccc3c3ccccc32)cc1. The summed E-state index contributed by atoms with van der Waals surface area (Å²) < 4.78 is 6.88. The van der Waals surface area contributed by atoms with Crippen molar-refractivity contribution < 1.29 is 0 Å². The Balaban J connectivity index is 0.000000279. The molecular weight excluding hydrogens is 727 g/mol. The quantitative estimate of drug-likeness (QED) is 0.165. The monoisotopic (exact) mass is 800 g/mol. The summed E-state index contributed by atoms with van der Waals surface area (Å²) in [5.74, 6) is 0. The van der Waals surface area contributed by atoms with Crippen LogP contribution in [0.3, 0.4) is 0 Å². The smallest absolute Gasteiger partial charge is 0.0494 e. The fourth-order valence-corrected chi connectivity index (χ4v) is 7.17. The molecule has 0 radical (unpaired) electrons. The summed E-state index contributed by atoms with van der Waals surface area (Å²) in [5, 5.41) is 8.02. The van der Waals surface area contributed by atoms with Crippen LogP contribution in [0, 0.1) is 0 Å². The summed E-state index contributed by atoms with van der Waals surface area (Å²) in [5.41, 5.74) is 9.14. The van der Waals surface area contributed by atoms with Crippen LogP contribution in [0.5, 0.6) is 0 Å². The minimum Gasteiger partial charge on any atom is -0.344 e. The number of nitrogens with zero attached hydrogens (tertiary/aromatic N) is 3. The van der Waals surface area contributed by atoms with E-state index in [0.29, 0.717) is 0 Å². The number of benzene rings is 7. The van der Waals surface area contributed by atoms with Gasteiger partial charge in [0.15, 0.2) is 0 Å². The Bertz CT molecular complexity index is 2400. The predicted molar refractivity (Wildman–Crippen MR) is 274 cm³/mol. The third-order valence-corrected chi connectivity index (χ3v) is 9.51. The topological polar surface area (TPSA) is 14.8 Å². The highest BCUT2D eigenvalue weighted by Gasteiger charge is 2.10. The third kappa shape index (κ3) is 11.6. The van der Waals surface area contributed by atoms with E-state index in [0.717, 1.165) is 6.54 Å². The van der Waals surface area contributed by atoms with Crippen LogP contribution in [0.25, 0.3) is 65.4 Å². The van der Waals surface area contributed by atoms with Crippen molar-refractivity contribution in [1.82, 2.24) is 13.7 Å². The van der Waals surface area contributed by atoms with Crippen molar-refractivity contribution in [3.8, 4) is 0 Å². The van der Waals surface area contributed by atoms with E-state index in [1.807, 2.05) is 83.1 Å². The van der Waals surface area contributed by atoms with E-state index in [4.69, 9.17) is 0 Å². The number of fused-ring (bicyclic) bond motifs is 9. The summed E-state index contributed by atoms with van der Waals surface area (Å²) in [6, 6.07) is 62.0. The molecule has 0 aliphatic rings. The molecule has 0 spiro atoms. The van der Waals surface area contributed by atoms with Crippen LogP contribution in [-0.2, 0) is 20.6 Å². The molecule has 0 N–H and O–H groups in total. The molecular formula is C57H73N3. The van der Waals surface area contributed by atoms with E-state index in [9.17, 15) is 0 Å². The molecule has 3 heteroatoms. The maximum absolute atomic E-state index is 2.40. The second-order valence-electron chi connectivity index (χ2n) is 12.3. The molecule has 316 valence electrons. The number of hydrogen-bond acceptors (Lipinski definition) is 0. The van der Waals surface area contributed by atoms with Crippen LogP contribution in [0.2, 0.25) is 0 Å². The van der Waals surface area contributed by atoms with Gasteiger partial charge in [-0.3, -0.25) is 0 Å². The van der Waals surface area contributed by atoms with Gasteiger partial charge in [0.1, 0.15) is 0 Å². The lowest BCUT2D eigenvalue weighted by atomic mass is 10.2. The molecule has 7 aromatic carbocycles. The number of para-hydroxylation sites is 6. The molecule has 3 aromatic heterocycles. The average Bonchev–Trinajstić information content (AvgIpc) is 3.95. The van der Waals surface area contributed by atoms with Gasteiger partial charge in [-0.15, -0.1) is 0 Å². The minimum absolute atomic E-state index is 0.912. The molecule has 60 heavy (non-hydrogen) atoms. The highest BCUT2D eigenvalue weighted by atomic mass is 15.0. The number of hydrogen-bond donors (Lipinski definition) is 0. The Morgan fingerprint density at radius 1 is 0.250 bits per heavy atom. The summed E-state index contributed by atoms with van der Waals surface area (Å²) in [4.78, 5) is 0. The van der Waals surface area contributed by atoms with Gasteiger partial charge in [0.25, 0.3) is 0 Å². The van der Waals surface area contributed by atoms with Crippen LogP contribution < -0.4 is 0 Å². The zero-order valence-electron chi connectivity index (χ0n) is 39.3. The molecule has 10 aromatic rings. The van der Waals surface area contributed by atoms with E-state index in [2.05, 4.69) is 204 Å². The highest BCUT2D eigenvalue weighted by Crippen LogP contribution is 2.30. The summed E-state index contributed by atoms with van der Waals surface area (Å²) in [6.07, 6.45) is 0. The van der Waals surface area contributed by atoms with Gasteiger partial charge < -0.3 is 13.7 Å². The van der Waals surface area contributed by atoms with Crippen molar-refractivity contribution in [3.63, 3.8) is 0 Å². The third-order valence-electron chi connectivity index (χ3n) is 9.51. The van der Waals surface area contributed by atoms with Crippen molar-refractivity contribution in [2.24, 2.45) is 14.1 Å². The molecule has 0 unspecified atom stereocenters. The van der Waals surface area contributed by atoms with Crippen LogP contribution in [-0.4, -0.2) is 13.7 Å². The molecule has 0 fully saturated rings. The molecule has 3 heterocycles. The number of aryl methyl sites for hydroxylation is 2. The Morgan fingerprint density at radius 2 is 0.450 bits per heavy atom. The normalized spacial score (nSPS) is 9.57. The first-order chi connectivity index (χ1) is 29.7. The van der Waals surface area contributed by atoms with Crippen LogP contribution in [0.15, 0.2) is 176 Å². The summed E-state index contributed by atoms with van der Waals surface area (Å²) in [6.45, 7) is 24.9. The molecule has 10 rings (SSSR count). The second kappa shape index (κ2) is 27.6. The fourth-order valence-electron chi connectivity index (χ4n) is 7.17. The van der Waals surface area contributed by atoms with Crippen LogP contribution in [0.4, 0.5) is 0 Å². The first kappa shape index (κ1) is 50.1. The Morgan fingerprint density at radius 3 is 0.717 bits per heavy atom. The molecule has 0 atom stereocenters. The van der Waals surface area contributed by atoms with Crippen molar-refractivity contribution in [3.05, 3.63) is 181 Å². The van der Waals surface area contributed by atoms with Gasteiger partial charge in [-0.25, -0.2) is 0 Å². The Kier molecular flexibility index (Phi) is 23.0. The number of rotatable bonds is 2. The van der Waals surface area contributed by atoms with Crippen molar-refractivity contribution in [1.29, 1.82) is 0 Å². The van der Waals surface area contributed by atoms with Crippen molar-refractivity contribution >= 4 is 65.4 Å². The van der Waals surface area contributed by atoms with Gasteiger partial charge in [-0.05, 0) is 42.0 Å². The zero-order chi connectivity index (χ0) is 44.5. The maximum Gasteiger partial charge on any atom is 0.0494 e. The number of aromatic nitrogens is 3. The van der Waals surface area contributed by atoms with Gasteiger partial charge in [-0.1, -0.05) is 223 Å². The predicted octanol–water partition coefficient (Wildman–Crippen LogP) is 17.7. The molecule has 3 nitrogen and oxygen atoms in total. The average molecular weight is 800 g/mol. The first-order valence-corrected chi connectivity index (χ1v) is 22.5. The van der Waals surface area contributed by atoms with Gasteiger partial charge in [-0.2, -0.15) is 0 Å². The van der Waals surface area contributed by atoms with Crippen LogP contribution >= 0.6 is 0 Å². The van der Waals surface area contributed by atoms with Gasteiger partial charge in [0, 0.05) is 86.1 Å². The minimum atomic E-state index is 0.912. The lowest BCUT2D eigenvalue weighted by Gasteiger charge is -2.07. The molecule has 0 aliphatic heterocycles. The van der Waals surface area contributed by atoms with E-state index in [-0.39, 0.29) is 0 Å². The van der Waals surface area contributed by atoms with Gasteiger partial charge in [0.05, 0.1) is 0 Å². The Hall–Kier alpha value is -6.06. The lowest BCUT2D eigenvalue weighted by molar-refractivity contribution is 0.869. The molecule has 0 bridgehead atoms. The van der Waals surface area contributed by atoms with Crippen molar-refractivity contribution in [2.75, 3.05) is 0 Å². The maximum atomic E-state index is 2.40. The van der Waals surface area contributed by atoms with E-state index in [1.54, 1.807) is 0 Å². The molecule has 0 saturated heterocycles. The summed E-state index contributed by atoms with van der Waals surface area (Å²) in [7, 11) is 4.23. The molecule has 0 amide bonds. The first-order valence-electron chi connectivity index (χ1n) is 22.5. The molecule has 0 aliphatic carbocycles. The van der Waals surface area contributed by atoms with E-state index in [1.165, 1.54) is 71.0 Å². The van der Waals surface area contributed by atoms with Crippen molar-refractivity contribution in [2.45, 2.75) is 89.6 Å². The molecule has 0 saturated carbocycles. The van der Waals surface area contributed by atoms with Crippen LogP contribution in [0.1, 0.15) is 88.6 Å². The highest BCUT2D eigenvalue weighted by molar-refractivity contribution is 6.09. The second-order valence-corrected chi connectivity index (χ2v) is 12.3. The fraction of sp³-hybridized carbons (Fsp3) is 0.263. The zero-order valence-corrected chi connectivity index (χ0v) is 39.3. The van der Waals surface area contributed by atoms with Gasteiger partial charge in [0.2, 0.25) is 0 Å². The van der Waals surface area contributed by atoms with E-state index >= 15 is 0 Å². The standard InChI is InChI=1S/C19H15N.2C13H11N.6C2H6/c1-2-8-15(9-3-1)14-20-18-12-6-4-10-16(18)17-11-5-7-13-19(17)20;2*1-14-12-8-4-2-6-10(12)11-7-3-5-9-13(11)14;6*1-2/h1-13H,14H2;2*2-9H,1H3;6*1-2H3. The largest absolute Gasteiger partial charge is 0.344 e. The summed E-state index contributed by atoms with van der Waals surface area (Å²) >= 11 is 0. The van der Waals surface area contributed by atoms with E-state index < -0.39 is 0 Å². The van der Waals surface area contributed by atoms with Gasteiger partial charge >= 0.3 is 0 Å². The Labute approximate surface area is 362 Å². The lowest BCUT2D eigenvalue weighted by Crippen LogP contribution is -1.98.